The fraction of sp³-hybridized carbons (Fsp3) is 0.538. The highest BCUT2D eigenvalue weighted by molar-refractivity contribution is 5.56. The molecule has 0 bridgehead atoms. The first-order valence-corrected chi connectivity index (χ1v) is 6.02. The number of anilines is 1. The molecule has 1 aliphatic carbocycles. The minimum absolute atomic E-state index is 0.111. The summed E-state index contributed by atoms with van der Waals surface area (Å²) in [4.78, 5) is 2.18. The van der Waals surface area contributed by atoms with Crippen LogP contribution >= 0.6 is 0 Å². The second kappa shape index (κ2) is 4.83. The second-order valence-corrected chi connectivity index (χ2v) is 4.30. The molecule has 0 atom stereocenters. The van der Waals surface area contributed by atoms with E-state index in [1.165, 1.54) is 12.8 Å². The molecule has 0 heterocycles. The van der Waals surface area contributed by atoms with Crippen LogP contribution in [0.15, 0.2) is 18.2 Å². The highest BCUT2D eigenvalue weighted by Crippen LogP contribution is 2.35. The largest absolute Gasteiger partial charge is 0.366 e. The molecule has 2 nitrogen and oxygen atoms in total. The van der Waals surface area contributed by atoms with E-state index < -0.39 is 0 Å². The fourth-order valence-corrected chi connectivity index (χ4v) is 2.22. The van der Waals surface area contributed by atoms with Gasteiger partial charge in [0.05, 0.1) is 5.69 Å². The summed E-state index contributed by atoms with van der Waals surface area (Å²) in [6.45, 7) is 3.51. The van der Waals surface area contributed by atoms with Gasteiger partial charge in [-0.3, -0.25) is 0 Å². The van der Waals surface area contributed by atoms with Crippen LogP contribution in [0.1, 0.15) is 25.3 Å². The van der Waals surface area contributed by atoms with Gasteiger partial charge in [0, 0.05) is 12.6 Å². The number of rotatable bonds is 5. The van der Waals surface area contributed by atoms with Gasteiger partial charge in [0.1, 0.15) is 5.82 Å². The molecular weight excluding hydrogens is 203 g/mol. The van der Waals surface area contributed by atoms with Crippen molar-refractivity contribution in [1.82, 2.24) is 0 Å². The van der Waals surface area contributed by atoms with Crippen molar-refractivity contribution < 1.29 is 4.39 Å². The smallest absolute Gasteiger partial charge is 0.146 e. The summed E-state index contributed by atoms with van der Waals surface area (Å²) >= 11 is 0. The van der Waals surface area contributed by atoms with E-state index in [2.05, 4.69) is 11.8 Å². The van der Waals surface area contributed by atoms with E-state index in [-0.39, 0.29) is 5.82 Å². The Hall–Kier alpha value is -1.09. The Kier molecular flexibility index (Phi) is 3.44. The SMILES string of the molecule is CCN(c1c(F)cccc1CCN)C1CC1. The Morgan fingerprint density at radius 3 is 2.75 bits per heavy atom. The van der Waals surface area contributed by atoms with Gasteiger partial charge in [-0.05, 0) is 44.4 Å². The summed E-state index contributed by atoms with van der Waals surface area (Å²) in [5.74, 6) is -0.111. The van der Waals surface area contributed by atoms with E-state index >= 15 is 0 Å². The third kappa shape index (κ3) is 2.19. The standard InChI is InChI=1S/C13H19FN2/c1-2-16(11-6-7-11)13-10(8-9-15)4-3-5-12(13)14/h3-5,11H,2,6-9,15H2,1H3. The molecule has 1 aliphatic rings. The third-order valence-electron chi connectivity index (χ3n) is 3.10. The molecule has 0 spiro atoms. The first-order chi connectivity index (χ1) is 7.77. The van der Waals surface area contributed by atoms with Crippen LogP contribution in [-0.4, -0.2) is 19.1 Å². The number of nitrogens with two attached hydrogens (primary N) is 1. The van der Waals surface area contributed by atoms with Crippen molar-refractivity contribution in [2.75, 3.05) is 18.0 Å². The molecular formula is C13H19FN2. The fourth-order valence-electron chi connectivity index (χ4n) is 2.22. The lowest BCUT2D eigenvalue weighted by Crippen LogP contribution is -2.27. The monoisotopic (exact) mass is 222 g/mol. The highest BCUT2D eigenvalue weighted by Gasteiger charge is 2.30. The predicted molar refractivity (Wildman–Crippen MR) is 65.2 cm³/mol. The summed E-state index contributed by atoms with van der Waals surface area (Å²) in [6, 6.07) is 5.83. The van der Waals surface area contributed by atoms with Crippen LogP contribution in [0.3, 0.4) is 0 Å². The lowest BCUT2D eigenvalue weighted by atomic mass is 10.1. The van der Waals surface area contributed by atoms with Crippen molar-refractivity contribution >= 4 is 5.69 Å². The normalized spacial score (nSPS) is 15.2. The van der Waals surface area contributed by atoms with Crippen LogP contribution in [0.4, 0.5) is 10.1 Å². The molecule has 1 aromatic rings. The minimum Gasteiger partial charge on any atom is -0.366 e. The van der Waals surface area contributed by atoms with Gasteiger partial charge in [0.25, 0.3) is 0 Å². The number of hydrogen-bond donors (Lipinski definition) is 1. The molecule has 0 aromatic heterocycles. The Morgan fingerprint density at radius 2 is 2.19 bits per heavy atom. The molecule has 88 valence electrons. The lowest BCUT2D eigenvalue weighted by molar-refractivity contribution is 0.614. The van der Waals surface area contributed by atoms with Gasteiger partial charge in [-0.2, -0.15) is 0 Å². The summed E-state index contributed by atoms with van der Waals surface area (Å²) in [5.41, 5.74) is 7.39. The van der Waals surface area contributed by atoms with E-state index in [0.717, 1.165) is 24.2 Å². The summed E-state index contributed by atoms with van der Waals surface area (Å²) in [6.07, 6.45) is 3.12. The summed E-state index contributed by atoms with van der Waals surface area (Å²) < 4.78 is 13.9. The Bertz CT molecular complexity index is 361. The molecule has 1 fully saturated rings. The van der Waals surface area contributed by atoms with Gasteiger partial charge < -0.3 is 10.6 Å². The number of hydrogen-bond acceptors (Lipinski definition) is 2. The first kappa shape index (κ1) is 11.4. The average molecular weight is 222 g/mol. The van der Waals surface area contributed by atoms with Crippen LogP contribution in [0.25, 0.3) is 0 Å². The van der Waals surface area contributed by atoms with Gasteiger partial charge >= 0.3 is 0 Å². The van der Waals surface area contributed by atoms with Gasteiger partial charge in [-0.25, -0.2) is 4.39 Å². The Balaban J connectivity index is 2.34. The van der Waals surface area contributed by atoms with Crippen LogP contribution in [-0.2, 0) is 6.42 Å². The van der Waals surface area contributed by atoms with Crippen LogP contribution < -0.4 is 10.6 Å². The Morgan fingerprint density at radius 1 is 1.44 bits per heavy atom. The molecule has 0 aliphatic heterocycles. The first-order valence-electron chi connectivity index (χ1n) is 6.02. The van der Waals surface area contributed by atoms with Gasteiger partial charge in [-0.1, -0.05) is 12.1 Å². The molecule has 0 saturated heterocycles. The third-order valence-corrected chi connectivity index (χ3v) is 3.10. The maximum atomic E-state index is 13.9. The van der Waals surface area contributed by atoms with E-state index in [1.807, 2.05) is 6.07 Å². The van der Waals surface area contributed by atoms with Crippen molar-refractivity contribution in [2.45, 2.75) is 32.2 Å². The molecule has 2 rings (SSSR count). The zero-order chi connectivity index (χ0) is 11.5. The van der Waals surface area contributed by atoms with E-state index in [0.29, 0.717) is 12.6 Å². The van der Waals surface area contributed by atoms with Crippen molar-refractivity contribution in [3.8, 4) is 0 Å². The van der Waals surface area contributed by atoms with Gasteiger partial charge in [-0.15, -0.1) is 0 Å². The predicted octanol–water partition coefficient (Wildman–Crippen LogP) is 2.32. The number of benzene rings is 1. The van der Waals surface area contributed by atoms with Gasteiger partial charge in [0.2, 0.25) is 0 Å². The van der Waals surface area contributed by atoms with Gasteiger partial charge in [0.15, 0.2) is 0 Å². The van der Waals surface area contributed by atoms with E-state index in [4.69, 9.17) is 5.73 Å². The molecule has 3 heteroatoms. The topological polar surface area (TPSA) is 29.3 Å². The molecule has 2 N–H and O–H groups in total. The number of nitrogens with zero attached hydrogens (tertiary/aromatic N) is 1. The lowest BCUT2D eigenvalue weighted by Gasteiger charge is -2.26. The van der Waals surface area contributed by atoms with E-state index in [1.54, 1.807) is 12.1 Å². The quantitative estimate of drug-likeness (QED) is 0.828. The maximum absolute atomic E-state index is 13.9. The summed E-state index contributed by atoms with van der Waals surface area (Å²) in [5, 5.41) is 0. The maximum Gasteiger partial charge on any atom is 0.146 e. The molecule has 1 aromatic carbocycles. The molecule has 0 amide bonds. The zero-order valence-electron chi connectivity index (χ0n) is 9.75. The molecule has 0 unspecified atom stereocenters. The van der Waals surface area contributed by atoms with Crippen molar-refractivity contribution in [3.63, 3.8) is 0 Å². The van der Waals surface area contributed by atoms with Crippen LogP contribution in [0.2, 0.25) is 0 Å². The molecule has 16 heavy (non-hydrogen) atoms. The Labute approximate surface area is 96.2 Å². The van der Waals surface area contributed by atoms with Crippen molar-refractivity contribution in [3.05, 3.63) is 29.6 Å². The molecule has 1 saturated carbocycles. The van der Waals surface area contributed by atoms with Crippen LogP contribution in [0.5, 0.6) is 0 Å². The van der Waals surface area contributed by atoms with Crippen molar-refractivity contribution in [2.24, 2.45) is 5.73 Å². The molecule has 0 radical (unpaired) electrons. The second-order valence-electron chi connectivity index (χ2n) is 4.30. The number of halogens is 1. The van der Waals surface area contributed by atoms with Crippen molar-refractivity contribution in [1.29, 1.82) is 0 Å². The zero-order valence-corrected chi connectivity index (χ0v) is 9.75. The highest BCUT2D eigenvalue weighted by atomic mass is 19.1. The van der Waals surface area contributed by atoms with Crippen LogP contribution in [0, 0.1) is 5.82 Å². The minimum atomic E-state index is -0.111. The summed E-state index contributed by atoms with van der Waals surface area (Å²) in [7, 11) is 0. The van der Waals surface area contributed by atoms with E-state index in [9.17, 15) is 4.39 Å². The average Bonchev–Trinajstić information content (AvgIpc) is 3.07. The number of para-hydroxylation sites is 1.